The standard InChI is InChI=1S/C10H19NO2S/c1-4-5-6-14-7-9(10(12)13)11-8(2)3/h9,11H,2,4-7H2,1,3H3,(H,12,13). The van der Waals surface area contributed by atoms with Gasteiger partial charge in [0.25, 0.3) is 0 Å². The van der Waals surface area contributed by atoms with Crippen molar-refractivity contribution in [2.24, 2.45) is 0 Å². The van der Waals surface area contributed by atoms with Gasteiger partial charge in [-0.1, -0.05) is 19.9 Å². The third-order valence-electron chi connectivity index (χ3n) is 1.65. The van der Waals surface area contributed by atoms with Crippen molar-refractivity contribution in [2.75, 3.05) is 11.5 Å². The molecule has 2 N–H and O–H groups in total. The van der Waals surface area contributed by atoms with E-state index in [1.165, 1.54) is 0 Å². The smallest absolute Gasteiger partial charge is 0.326 e. The van der Waals surface area contributed by atoms with Crippen LogP contribution >= 0.6 is 11.8 Å². The van der Waals surface area contributed by atoms with Crippen LogP contribution in [0, 0.1) is 0 Å². The lowest BCUT2D eigenvalue weighted by molar-refractivity contribution is -0.138. The molecular weight excluding hydrogens is 198 g/mol. The molecule has 0 aliphatic heterocycles. The molecule has 0 saturated heterocycles. The molecule has 0 heterocycles. The quantitative estimate of drug-likeness (QED) is 0.611. The maximum Gasteiger partial charge on any atom is 0.326 e. The van der Waals surface area contributed by atoms with Crippen molar-refractivity contribution in [2.45, 2.75) is 32.7 Å². The Labute approximate surface area is 90.0 Å². The molecule has 0 aromatic heterocycles. The fraction of sp³-hybridized carbons (Fsp3) is 0.700. The van der Waals surface area contributed by atoms with Crippen molar-refractivity contribution in [3.05, 3.63) is 12.3 Å². The number of nitrogens with one attached hydrogen (secondary N) is 1. The van der Waals surface area contributed by atoms with Gasteiger partial charge in [-0.15, -0.1) is 0 Å². The second kappa shape index (κ2) is 7.74. The van der Waals surface area contributed by atoms with E-state index in [4.69, 9.17) is 5.11 Å². The van der Waals surface area contributed by atoms with E-state index in [1.54, 1.807) is 18.7 Å². The Bertz CT molecular complexity index is 195. The van der Waals surface area contributed by atoms with Gasteiger partial charge in [0, 0.05) is 11.4 Å². The molecule has 0 amide bonds. The Morgan fingerprint density at radius 3 is 2.71 bits per heavy atom. The van der Waals surface area contributed by atoms with Crippen LogP contribution in [-0.4, -0.2) is 28.6 Å². The molecule has 4 heteroatoms. The zero-order valence-electron chi connectivity index (χ0n) is 8.88. The maximum absolute atomic E-state index is 10.8. The van der Waals surface area contributed by atoms with E-state index < -0.39 is 12.0 Å². The highest BCUT2D eigenvalue weighted by Crippen LogP contribution is 2.07. The number of allylic oxidation sites excluding steroid dienone is 1. The summed E-state index contributed by atoms with van der Waals surface area (Å²) < 4.78 is 0. The van der Waals surface area contributed by atoms with Crippen LogP contribution < -0.4 is 5.32 Å². The third kappa shape index (κ3) is 6.83. The summed E-state index contributed by atoms with van der Waals surface area (Å²) in [6.07, 6.45) is 2.29. The molecule has 0 aromatic carbocycles. The van der Waals surface area contributed by atoms with Crippen LogP contribution in [0.2, 0.25) is 0 Å². The van der Waals surface area contributed by atoms with Crippen LogP contribution in [0.25, 0.3) is 0 Å². The number of hydrogen-bond acceptors (Lipinski definition) is 3. The van der Waals surface area contributed by atoms with Crippen LogP contribution in [-0.2, 0) is 4.79 Å². The Hall–Kier alpha value is -0.640. The number of carbonyl (C=O) groups is 1. The normalized spacial score (nSPS) is 12.1. The average Bonchev–Trinajstić information content (AvgIpc) is 2.09. The number of hydrogen-bond donors (Lipinski definition) is 2. The number of carboxylic acids is 1. The SMILES string of the molecule is C=C(C)NC(CSCCCC)C(=O)O. The lowest BCUT2D eigenvalue weighted by Gasteiger charge is -2.14. The van der Waals surface area contributed by atoms with E-state index in [2.05, 4.69) is 18.8 Å². The molecule has 0 rings (SSSR count). The molecule has 0 fully saturated rings. The van der Waals surface area contributed by atoms with Crippen molar-refractivity contribution < 1.29 is 9.90 Å². The summed E-state index contributed by atoms with van der Waals surface area (Å²) in [4.78, 5) is 10.8. The number of thioether (sulfide) groups is 1. The molecule has 0 radical (unpaired) electrons. The maximum atomic E-state index is 10.8. The highest BCUT2D eigenvalue weighted by atomic mass is 32.2. The first kappa shape index (κ1) is 13.4. The molecule has 0 aliphatic carbocycles. The number of carboxylic acid groups (broad SMARTS) is 1. The Kier molecular flexibility index (Phi) is 7.38. The highest BCUT2D eigenvalue weighted by Gasteiger charge is 2.15. The summed E-state index contributed by atoms with van der Waals surface area (Å²) in [5, 5.41) is 11.7. The fourth-order valence-electron chi connectivity index (χ4n) is 0.920. The molecule has 3 nitrogen and oxygen atoms in total. The minimum absolute atomic E-state index is 0.505. The van der Waals surface area contributed by atoms with Gasteiger partial charge < -0.3 is 10.4 Å². The summed E-state index contributed by atoms with van der Waals surface area (Å²) in [6, 6.07) is -0.505. The zero-order chi connectivity index (χ0) is 11.0. The van der Waals surface area contributed by atoms with E-state index in [9.17, 15) is 4.79 Å². The first-order valence-corrected chi connectivity index (χ1v) is 5.96. The van der Waals surface area contributed by atoms with E-state index in [0.717, 1.165) is 18.6 Å². The van der Waals surface area contributed by atoms with Gasteiger partial charge >= 0.3 is 5.97 Å². The molecule has 0 aromatic rings. The van der Waals surface area contributed by atoms with E-state index in [-0.39, 0.29) is 0 Å². The van der Waals surface area contributed by atoms with Gasteiger partial charge in [0.2, 0.25) is 0 Å². The van der Waals surface area contributed by atoms with Gasteiger partial charge in [-0.25, -0.2) is 4.79 Å². The van der Waals surface area contributed by atoms with Crippen molar-refractivity contribution >= 4 is 17.7 Å². The lowest BCUT2D eigenvalue weighted by Crippen LogP contribution is -2.37. The predicted octanol–water partition coefficient (Wildman–Crippen LogP) is 2.10. The number of aliphatic carboxylic acids is 1. The van der Waals surface area contributed by atoms with Gasteiger partial charge in [-0.05, 0) is 19.1 Å². The average molecular weight is 217 g/mol. The molecular formula is C10H19NO2S. The summed E-state index contributed by atoms with van der Waals surface area (Å²) in [5.74, 6) is 0.817. The van der Waals surface area contributed by atoms with Crippen molar-refractivity contribution in [1.29, 1.82) is 0 Å². The molecule has 0 bridgehead atoms. The van der Waals surface area contributed by atoms with Crippen LogP contribution in [0.5, 0.6) is 0 Å². The van der Waals surface area contributed by atoms with E-state index >= 15 is 0 Å². The summed E-state index contributed by atoms with van der Waals surface area (Å²) in [7, 11) is 0. The highest BCUT2D eigenvalue weighted by molar-refractivity contribution is 7.99. The lowest BCUT2D eigenvalue weighted by atomic mass is 10.3. The van der Waals surface area contributed by atoms with Crippen LogP contribution in [0.4, 0.5) is 0 Å². The molecule has 82 valence electrons. The fourth-order valence-corrected chi connectivity index (χ4v) is 2.04. The molecule has 1 atom stereocenters. The topological polar surface area (TPSA) is 49.3 Å². The van der Waals surface area contributed by atoms with Crippen molar-refractivity contribution in [1.82, 2.24) is 5.32 Å². The Balaban J connectivity index is 3.74. The van der Waals surface area contributed by atoms with E-state index in [0.29, 0.717) is 11.4 Å². The Morgan fingerprint density at radius 1 is 1.64 bits per heavy atom. The first-order valence-electron chi connectivity index (χ1n) is 4.80. The number of rotatable bonds is 8. The molecule has 0 saturated carbocycles. The largest absolute Gasteiger partial charge is 0.480 e. The first-order chi connectivity index (χ1) is 6.57. The molecule has 14 heavy (non-hydrogen) atoms. The van der Waals surface area contributed by atoms with Gasteiger partial charge in [-0.2, -0.15) is 11.8 Å². The van der Waals surface area contributed by atoms with Gasteiger partial charge in [-0.3, -0.25) is 0 Å². The van der Waals surface area contributed by atoms with Crippen LogP contribution in [0.3, 0.4) is 0 Å². The minimum atomic E-state index is -0.808. The second-order valence-corrected chi connectivity index (χ2v) is 4.39. The Morgan fingerprint density at radius 2 is 2.29 bits per heavy atom. The van der Waals surface area contributed by atoms with Gasteiger partial charge in [0.05, 0.1) is 0 Å². The van der Waals surface area contributed by atoms with Crippen molar-refractivity contribution in [3.8, 4) is 0 Å². The van der Waals surface area contributed by atoms with Crippen LogP contribution in [0.1, 0.15) is 26.7 Å². The summed E-state index contributed by atoms with van der Waals surface area (Å²) in [6.45, 7) is 7.53. The van der Waals surface area contributed by atoms with Crippen LogP contribution in [0.15, 0.2) is 12.3 Å². The molecule has 1 unspecified atom stereocenters. The monoisotopic (exact) mass is 217 g/mol. The van der Waals surface area contributed by atoms with Crippen molar-refractivity contribution in [3.63, 3.8) is 0 Å². The summed E-state index contributed by atoms with van der Waals surface area (Å²) >= 11 is 1.67. The van der Waals surface area contributed by atoms with Gasteiger partial charge in [0.15, 0.2) is 0 Å². The van der Waals surface area contributed by atoms with Gasteiger partial charge in [0.1, 0.15) is 6.04 Å². The third-order valence-corrected chi connectivity index (χ3v) is 2.79. The van der Waals surface area contributed by atoms with E-state index in [1.807, 2.05) is 0 Å². The number of unbranched alkanes of at least 4 members (excludes halogenated alkanes) is 1. The summed E-state index contributed by atoms with van der Waals surface area (Å²) in [5.41, 5.74) is 0.702. The predicted molar refractivity (Wildman–Crippen MR) is 61.6 cm³/mol. The zero-order valence-corrected chi connectivity index (χ0v) is 9.69. The second-order valence-electron chi connectivity index (χ2n) is 3.24. The molecule has 0 spiro atoms. The minimum Gasteiger partial charge on any atom is -0.480 e. The molecule has 0 aliphatic rings.